The van der Waals surface area contributed by atoms with Crippen molar-refractivity contribution in [1.82, 2.24) is 0 Å². The van der Waals surface area contributed by atoms with Gasteiger partial charge < -0.3 is 42.9 Å². The predicted molar refractivity (Wildman–Crippen MR) is 214 cm³/mol. The van der Waals surface area contributed by atoms with E-state index in [1.54, 1.807) is 18.2 Å². The minimum Gasteiger partial charge on any atom is -0.810 e. The molecule has 0 fully saturated rings. The van der Waals surface area contributed by atoms with Crippen LogP contribution < -0.4 is 42.9 Å². The van der Waals surface area contributed by atoms with Crippen LogP contribution in [0, 0.1) is 0 Å². The largest absolute Gasteiger partial charge is 3.00 e. The zero-order valence-corrected chi connectivity index (χ0v) is 42.3. The minimum absolute atomic E-state index is 0. The van der Waals surface area contributed by atoms with Crippen LogP contribution in [0.2, 0.25) is 0 Å². The molecule has 0 bridgehead atoms. The predicted octanol–water partition coefficient (Wildman–Crippen LogP) is 7.82. The molecule has 3 aromatic carbocycles. The van der Waals surface area contributed by atoms with Crippen molar-refractivity contribution in [2.75, 3.05) is 0 Å². The fourth-order valence-corrected chi connectivity index (χ4v) is 6.19. The first-order chi connectivity index (χ1) is 24.0. The summed E-state index contributed by atoms with van der Waals surface area (Å²) in [6.07, 6.45) is 0. The van der Waals surface area contributed by atoms with Gasteiger partial charge >= 0.3 is 39.0 Å². The van der Waals surface area contributed by atoms with E-state index >= 15 is 0 Å². The molecule has 0 saturated heterocycles. The molecule has 0 radical (unpaired) electrons. The molecule has 9 nitrogen and oxygen atoms in total. The van der Waals surface area contributed by atoms with Crippen molar-refractivity contribution in [2.45, 2.75) is 157 Å². The average molecular weight is 1010 g/mol. The Balaban J connectivity index is 0. The first kappa shape index (κ1) is 57.5. The maximum Gasteiger partial charge on any atom is 3.00 e. The van der Waals surface area contributed by atoms with Gasteiger partial charge in [0, 0.05) is 0 Å². The summed E-state index contributed by atoms with van der Waals surface area (Å²) in [5, 5.41) is 0. The molecule has 14 heteroatoms. The van der Waals surface area contributed by atoms with Crippen LogP contribution in [0.5, 0.6) is 17.2 Å². The van der Waals surface area contributed by atoms with Gasteiger partial charge in [0.2, 0.25) is 0 Å². The zero-order valence-electron chi connectivity index (χ0n) is 36.4. The zero-order chi connectivity index (χ0) is 42.4. The van der Waals surface area contributed by atoms with Gasteiger partial charge in [0.15, 0.2) is 0 Å². The van der Waals surface area contributed by atoms with Crippen molar-refractivity contribution in [1.29, 1.82) is 0 Å². The third kappa shape index (κ3) is 19.6. The van der Waals surface area contributed by atoms with Gasteiger partial charge in [0.05, 0.1) is 0 Å². The summed E-state index contributed by atoms with van der Waals surface area (Å²) in [4.78, 5) is 64.5. The molecule has 0 aliphatic rings. The summed E-state index contributed by atoms with van der Waals surface area (Å²) in [5.74, 6) is 1.27. The molecule has 0 aliphatic heterocycles. The Hall–Kier alpha value is -0.643. The molecule has 56 heavy (non-hydrogen) atoms. The molecule has 0 atom stereocenters. The fraction of sp³-hybridized carbons (Fsp3) is 0.571. The van der Waals surface area contributed by atoms with Crippen molar-refractivity contribution < 1.29 is 81.9 Å². The van der Waals surface area contributed by atoms with Crippen LogP contribution in [0.4, 0.5) is 0 Å². The Morgan fingerprint density at radius 2 is 0.500 bits per heavy atom. The quantitative estimate of drug-likeness (QED) is 0.177. The van der Waals surface area contributed by atoms with E-state index < -0.39 is 25.8 Å². The van der Waals surface area contributed by atoms with Gasteiger partial charge in [-0.15, -0.1) is 0 Å². The van der Waals surface area contributed by atoms with E-state index in [9.17, 15) is 29.4 Å². The normalized spacial score (nSPS) is 12.5. The van der Waals surface area contributed by atoms with Crippen LogP contribution in [0.1, 0.15) is 158 Å². The van der Waals surface area contributed by atoms with E-state index in [4.69, 9.17) is 13.6 Å². The van der Waals surface area contributed by atoms with Crippen LogP contribution in [0.3, 0.4) is 0 Å². The van der Waals surface area contributed by atoms with Crippen molar-refractivity contribution >= 4 is 25.8 Å². The van der Waals surface area contributed by atoms with Crippen LogP contribution in [-0.2, 0) is 71.4 Å². The summed E-state index contributed by atoms with van der Waals surface area (Å²) >= 11 is 0. The van der Waals surface area contributed by atoms with Crippen molar-refractivity contribution in [3.05, 3.63) is 88.0 Å². The van der Waals surface area contributed by atoms with E-state index in [0.29, 0.717) is 17.2 Å². The first-order valence-corrected chi connectivity index (χ1v) is 21.3. The molecule has 318 valence electrons. The molecule has 0 aliphatic carbocycles. The number of hydrogen-bond acceptors (Lipinski definition) is 9. The molecular weight excluding hydrogens is 947 g/mol. The Morgan fingerprint density at radius 1 is 0.321 bits per heavy atom. The van der Waals surface area contributed by atoms with Crippen LogP contribution >= 0.6 is 25.8 Å². The summed E-state index contributed by atoms with van der Waals surface area (Å²) in [6.45, 7) is 37.5. The average Bonchev–Trinajstić information content (AvgIpc) is 2.94. The molecule has 0 unspecified atom stereocenters. The second kappa shape index (κ2) is 22.3. The second-order valence-electron chi connectivity index (χ2n) is 19.6. The van der Waals surface area contributed by atoms with E-state index in [1.807, 2.05) is 98.7 Å². The smallest absolute Gasteiger partial charge is 0.810 e. The molecule has 3 rings (SSSR count). The summed E-state index contributed by atoms with van der Waals surface area (Å²) < 4.78 is 14.7. The fourth-order valence-electron chi connectivity index (χ4n) is 5.23. The first-order valence-electron chi connectivity index (χ1n) is 18.0. The topological polar surface area (TPSA) is 166 Å². The Morgan fingerprint density at radius 3 is 0.625 bits per heavy atom. The third-order valence-electron chi connectivity index (χ3n) is 8.48. The molecule has 3 aromatic rings. The van der Waals surface area contributed by atoms with Crippen molar-refractivity contribution in [3.8, 4) is 17.2 Å². The molecule has 0 aromatic heterocycles. The monoisotopic (exact) mass is 1010 g/mol. The van der Waals surface area contributed by atoms with Crippen LogP contribution in [0.15, 0.2) is 54.6 Å². The van der Waals surface area contributed by atoms with Crippen molar-refractivity contribution in [3.63, 3.8) is 0 Å². The van der Waals surface area contributed by atoms with E-state index in [-0.39, 0.29) is 71.4 Å². The van der Waals surface area contributed by atoms with Gasteiger partial charge in [-0.3, -0.25) is 0 Å². The Kier molecular flexibility index (Phi) is 22.8. The summed E-state index contributed by atoms with van der Waals surface area (Å²) in [5.41, 5.74) is 5.82. The van der Waals surface area contributed by atoms with Gasteiger partial charge in [-0.1, -0.05) is 187 Å². The number of rotatable bonds is 6. The number of benzene rings is 3. The van der Waals surface area contributed by atoms with Gasteiger partial charge in [0.1, 0.15) is 17.2 Å². The second-order valence-corrected chi connectivity index (χ2v) is 21.5. The molecule has 0 saturated carbocycles. The summed E-state index contributed by atoms with van der Waals surface area (Å²) in [6, 6.07) is 17.1. The standard InChI is InChI=1S/3C14H21O3P.2Rh/c3*1-13(2,3)10-7-8-12(17-18(15)16)11(9-10)14(4,5)6;;/h3*7-9H,1-6H3;;/q3*-2;2*+3. The molecule has 0 heterocycles. The van der Waals surface area contributed by atoms with Gasteiger partial charge in [-0.05, 0) is 84.1 Å². The Labute approximate surface area is 367 Å². The summed E-state index contributed by atoms with van der Waals surface area (Å²) in [7, 11) is -8.63. The maximum absolute atomic E-state index is 10.7. The van der Waals surface area contributed by atoms with Gasteiger partial charge in [-0.2, -0.15) is 0 Å². The molecule has 0 amide bonds. The van der Waals surface area contributed by atoms with Crippen LogP contribution in [-0.4, -0.2) is 0 Å². The molecule has 0 N–H and O–H groups in total. The van der Waals surface area contributed by atoms with Crippen molar-refractivity contribution in [2.24, 2.45) is 0 Å². The maximum atomic E-state index is 10.7. The van der Waals surface area contributed by atoms with Gasteiger partial charge in [-0.25, -0.2) is 0 Å². The third-order valence-corrected chi connectivity index (χ3v) is 9.52. The number of hydrogen-bond donors (Lipinski definition) is 0. The van der Waals surface area contributed by atoms with Crippen LogP contribution in [0.25, 0.3) is 0 Å². The van der Waals surface area contributed by atoms with E-state index in [0.717, 1.165) is 16.7 Å². The van der Waals surface area contributed by atoms with E-state index in [2.05, 4.69) is 62.3 Å². The van der Waals surface area contributed by atoms with E-state index in [1.165, 1.54) is 16.7 Å². The minimum atomic E-state index is -2.88. The molecule has 0 spiro atoms. The Bertz CT molecular complexity index is 1450. The van der Waals surface area contributed by atoms with Gasteiger partial charge in [0.25, 0.3) is 0 Å². The molecular formula is C42H63O9P3Rh2. The SMILES string of the molecule is CC(C)(C)c1ccc(OP([O-])[O-])c(C(C)(C)C)c1.CC(C)(C)c1ccc(OP([O-])[O-])c(C(C)(C)C)c1.CC(C)(C)c1ccc(OP([O-])[O-])c(C(C)(C)C)c1.[Rh+3].[Rh+3].